The van der Waals surface area contributed by atoms with E-state index in [-0.39, 0.29) is 5.92 Å². The minimum atomic E-state index is 0.269. The zero-order valence-electron chi connectivity index (χ0n) is 10.5. The molecule has 2 rings (SSSR count). The molecule has 0 saturated carbocycles. The third-order valence-corrected chi connectivity index (χ3v) is 3.49. The molecule has 1 atom stereocenters. The number of hydrogen-bond donors (Lipinski definition) is 1. The van der Waals surface area contributed by atoms with Gasteiger partial charge in [-0.15, -0.1) is 0 Å². The molecule has 1 aromatic carbocycles. The van der Waals surface area contributed by atoms with Crippen molar-refractivity contribution in [2.75, 3.05) is 13.1 Å². The standard InChI is InChI=1S/C15H21NO/c1-12-4-2-5-13(10-12)11-15(17)14-6-3-8-16-9-7-14/h2,4-5,10,14,16H,3,6-9,11H2,1H3. The molecule has 0 amide bonds. The first-order valence-corrected chi connectivity index (χ1v) is 6.54. The summed E-state index contributed by atoms with van der Waals surface area (Å²) in [5.41, 5.74) is 2.39. The number of ketones is 1. The smallest absolute Gasteiger partial charge is 0.140 e. The van der Waals surface area contributed by atoms with Gasteiger partial charge in [-0.05, 0) is 44.8 Å². The fourth-order valence-electron chi connectivity index (χ4n) is 2.51. The van der Waals surface area contributed by atoms with E-state index >= 15 is 0 Å². The first-order valence-electron chi connectivity index (χ1n) is 6.54. The summed E-state index contributed by atoms with van der Waals surface area (Å²) in [5.74, 6) is 0.685. The molecule has 1 heterocycles. The maximum atomic E-state index is 12.2. The van der Waals surface area contributed by atoms with Gasteiger partial charge in [0.05, 0.1) is 0 Å². The lowest BCUT2D eigenvalue weighted by Gasteiger charge is -2.12. The molecule has 1 aliphatic rings. The van der Waals surface area contributed by atoms with E-state index in [0.717, 1.165) is 37.9 Å². The van der Waals surface area contributed by atoms with Crippen molar-refractivity contribution >= 4 is 5.78 Å². The number of aryl methyl sites for hydroxylation is 1. The molecule has 1 saturated heterocycles. The minimum absolute atomic E-state index is 0.269. The SMILES string of the molecule is Cc1cccc(CC(=O)C2CCCNCC2)c1. The van der Waals surface area contributed by atoms with Crippen molar-refractivity contribution < 1.29 is 4.79 Å². The molecule has 0 radical (unpaired) electrons. The average Bonchev–Trinajstić information content (AvgIpc) is 2.57. The highest BCUT2D eigenvalue weighted by Crippen LogP contribution is 2.17. The average molecular weight is 231 g/mol. The predicted molar refractivity (Wildman–Crippen MR) is 70.1 cm³/mol. The van der Waals surface area contributed by atoms with Crippen LogP contribution in [0.5, 0.6) is 0 Å². The highest BCUT2D eigenvalue weighted by atomic mass is 16.1. The molecule has 1 N–H and O–H groups in total. The summed E-state index contributed by atoms with van der Waals surface area (Å²) >= 11 is 0. The second-order valence-corrected chi connectivity index (χ2v) is 5.01. The molecule has 1 fully saturated rings. The summed E-state index contributed by atoms with van der Waals surface area (Å²) in [5, 5.41) is 3.35. The molecule has 1 aromatic rings. The Morgan fingerprint density at radius 3 is 3.06 bits per heavy atom. The van der Waals surface area contributed by atoms with Crippen molar-refractivity contribution in [2.45, 2.75) is 32.6 Å². The Balaban J connectivity index is 1.95. The van der Waals surface area contributed by atoms with E-state index in [4.69, 9.17) is 0 Å². The largest absolute Gasteiger partial charge is 0.317 e. The summed E-state index contributed by atoms with van der Waals surface area (Å²) in [6.07, 6.45) is 3.79. The summed E-state index contributed by atoms with van der Waals surface area (Å²) in [4.78, 5) is 12.2. The van der Waals surface area contributed by atoms with Crippen LogP contribution < -0.4 is 5.32 Å². The van der Waals surface area contributed by atoms with Crippen LogP contribution in [0.25, 0.3) is 0 Å². The number of carbonyl (C=O) groups excluding carboxylic acids is 1. The lowest BCUT2D eigenvalue weighted by atomic mass is 9.91. The minimum Gasteiger partial charge on any atom is -0.317 e. The first-order chi connectivity index (χ1) is 8.25. The van der Waals surface area contributed by atoms with E-state index in [1.165, 1.54) is 5.56 Å². The fraction of sp³-hybridized carbons (Fsp3) is 0.533. The van der Waals surface area contributed by atoms with Crippen molar-refractivity contribution in [3.05, 3.63) is 35.4 Å². The first kappa shape index (κ1) is 12.3. The second-order valence-electron chi connectivity index (χ2n) is 5.01. The molecule has 2 heteroatoms. The van der Waals surface area contributed by atoms with Crippen molar-refractivity contribution in [1.82, 2.24) is 5.32 Å². The summed E-state index contributed by atoms with van der Waals surface area (Å²) in [6, 6.07) is 8.28. The molecular formula is C15H21NO. The second kappa shape index (κ2) is 5.97. The Morgan fingerprint density at radius 1 is 1.35 bits per heavy atom. The number of rotatable bonds is 3. The Kier molecular flexibility index (Phi) is 4.32. The quantitative estimate of drug-likeness (QED) is 0.866. The van der Waals surface area contributed by atoms with Crippen LogP contribution in [0.4, 0.5) is 0 Å². The van der Waals surface area contributed by atoms with Gasteiger partial charge in [-0.3, -0.25) is 4.79 Å². The van der Waals surface area contributed by atoms with Crippen LogP contribution in [0, 0.1) is 12.8 Å². The number of hydrogen-bond acceptors (Lipinski definition) is 2. The summed E-state index contributed by atoms with van der Waals surface area (Å²) in [7, 11) is 0. The molecule has 0 aromatic heterocycles. The van der Waals surface area contributed by atoms with Crippen molar-refractivity contribution in [3.8, 4) is 0 Å². The van der Waals surface area contributed by atoms with Gasteiger partial charge in [0.25, 0.3) is 0 Å². The lowest BCUT2D eigenvalue weighted by Crippen LogP contribution is -2.19. The zero-order valence-corrected chi connectivity index (χ0v) is 10.5. The third kappa shape index (κ3) is 3.67. The highest BCUT2D eigenvalue weighted by Gasteiger charge is 2.19. The molecule has 0 aliphatic carbocycles. The number of benzene rings is 1. The van der Waals surface area contributed by atoms with Crippen LogP contribution in [-0.2, 0) is 11.2 Å². The van der Waals surface area contributed by atoms with Crippen molar-refractivity contribution in [1.29, 1.82) is 0 Å². The maximum absolute atomic E-state index is 12.2. The van der Waals surface area contributed by atoms with Crippen LogP contribution in [0.1, 0.15) is 30.4 Å². The van der Waals surface area contributed by atoms with Gasteiger partial charge in [-0.1, -0.05) is 29.8 Å². The van der Waals surface area contributed by atoms with Crippen LogP contribution >= 0.6 is 0 Å². The van der Waals surface area contributed by atoms with Gasteiger partial charge in [0.15, 0.2) is 0 Å². The van der Waals surface area contributed by atoms with Gasteiger partial charge in [-0.25, -0.2) is 0 Å². The van der Waals surface area contributed by atoms with Crippen LogP contribution in [0.3, 0.4) is 0 Å². The van der Waals surface area contributed by atoms with Gasteiger partial charge in [0.1, 0.15) is 5.78 Å². The maximum Gasteiger partial charge on any atom is 0.140 e. The van der Waals surface area contributed by atoms with E-state index in [2.05, 4.69) is 30.4 Å². The van der Waals surface area contributed by atoms with Gasteiger partial charge in [-0.2, -0.15) is 0 Å². The van der Waals surface area contributed by atoms with Gasteiger partial charge < -0.3 is 5.32 Å². The van der Waals surface area contributed by atoms with E-state index in [0.29, 0.717) is 12.2 Å². The predicted octanol–water partition coefficient (Wildman–Crippen LogP) is 2.50. The molecule has 1 unspecified atom stereocenters. The van der Waals surface area contributed by atoms with E-state index in [1.54, 1.807) is 0 Å². The molecule has 0 bridgehead atoms. The molecule has 2 nitrogen and oxygen atoms in total. The Hall–Kier alpha value is -1.15. The normalized spacial score (nSPS) is 20.9. The van der Waals surface area contributed by atoms with Crippen LogP contribution in [0.2, 0.25) is 0 Å². The monoisotopic (exact) mass is 231 g/mol. The fourth-order valence-corrected chi connectivity index (χ4v) is 2.51. The van der Waals surface area contributed by atoms with Gasteiger partial charge in [0.2, 0.25) is 0 Å². The molecule has 17 heavy (non-hydrogen) atoms. The van der Waals surface area contributed by atoms with Crippen molar-refractivity contribution in [2.24, 2.45) is 5.92 Å². The van der Waals surface area contributed by atoms with Crippen molar-refractivity contribution in [3.63, 3.8) is 0 Å². The van der Waals surface area contributed by atoms with Gasteiger partial charge >= 0.3 is 0 Å². The number of carbonyl (C=O) groups is 1. The van der Waals surface area contributed by atoms with E-state index in [1.807, 2.05) is 6.07 Å². The summed E-state index contributed by atoms with van der Waals surface area (Å²) in [6.45, 7) is 4.13. The lowest BCUT2D eigenvalue weighted by molar-refractivity contribution is -0.122. The number of nitrogens with one attached hydrogen (secondary N) is 1. The van der Waals surface area contributed by atoms with Gasteiger partial charge in [0, 0.05) is 12.3 Å². The summed E-state index contributed by atoms with van der Waals surface area (Å²) < 4.78 is 0. The zero-order chi connectivity index (χ0) is 12.1. The van der Waals surface area contributed by atoms with Crippen LogP contribution in [-0.4, -0.2) is 18.9 Å². The Labute approximate surface area is 103 Å². The molecular weight excluding hydrogens is 210 g/mol. The topological polar surface area (TPSA) is 29.1 Å². The Bertz CT molecular complexity index is 378. The highest BCUT2D eigenvalue weighted by molar-refractivity contribution is 5.83. The number of Topliss-reactive ketones (excluding diaryl/α,β-unsaturated/α-hetero) is 1. The van der Waals surface area contributed by atoms with E-state index < -0.39 is 0 Å². The molecule has 92 valence electrons. The molecule has 0 spiro atoms. The molecule has 1 aliphatic heterocycles. The Morgan fingerprint density at radius 2 is 2.24 bits per heavy atom. The third-order valence-electron chi connectivity index (χ3n) is 3.49. The van der Waals surface area contributed by atoms with Crippen LogP contribution in [0.15, 0.2) is 24.3 Å². The van der Waals surface area contributed by atoms with E-state index in [9.17, 15) is 4.79 Å².